The summed E-state index contributed by atoms with van der Waals surface area (Å²) in [5.41, 5.74) is 16.0. The average Bonchev–Trinajstić information content (AvgIpc) is 2.76. The molecular weight excluding hydrogens is 460 g/mol. The Labute approximate surface area is 235 Å². The number of benzene rings is 2. The fraction of sp³-hybridized carbons (Fsp3) is 0.611. The van der Waals surface area contributed by atoms with E-state index in [0.717, 1.165) is 25.1 Å². The second kappa shape index (κ2) is 11.2. The molecule has 3 N–H and O–H groups in total. The van der Waals surface area contributed by atoms with Crippen molar-refractivity contribution in [2.24, 2.45) is 11.1 Å². The van der Waals surface area contributed by atoms with Gasteiger partial charge in [-0.15, -0.1) is 0 Å². The average molecular weight is 519 g/mol. The van der Waals surface area contributed by atoms with E-state index >= 15 is 0 Å². The van der Waals surface area contributed by atoms with Crippen molar-refractivity contribution < 1.29 is 0 Å². The Kier molecular flexibility index (Phi) is 9.48. The summed E-state index contributed by atoms with van der Waals surface area (Å²) < 4.78 is 0. The van der Waals surface area contributed by atoms with Gasteiger partial charge in [-0.3, -0.25) is 0 Å². The van der Waals surface area contributed by atoms with Crippen LogP contribution in [0.2, 0.25) is 0 Å². The lowest BCUT2D eigenvalue weighted by atomic mass is 9.71. The van der Waals surface area contributed by atoms with Gasteiger partial charge in [0.05, 0.1) is 0 Å². The number of nitrogens with one attached hydrogen (secondary N) is 1. The number of nitrogens with two attached hydrogens (primary N) is 1. The molecular formula is C36H58N2. The van der Waals surface area contributed by atoms with Crippen molar-refractivity contribution in [3.05, 3.63) is 82.1 Å². The third-order valence-electron chi connectivity index (χ3n) is 7.96. The topological polar surface area (TPSA) is 38.0 Å². The minimum atomic E-state index is -0.298. The van der Waals surface area contributed by atoms with E-state index < -0.39 is 0 Å². The first-order valence-corrected chi connectivity index (χ1v) is 14.6. The van der Waals surface area contributed by atoms with Gasteiger partial charge in [-0.2, -0.15) is 0 Å². The predicted molar refractivity (Wildman–Crippen MR) is 169 cm³/mol. The molecule has 2 aromatic rings. The van der Waals surface area contributed by atoms with Gasteiger partial charge in [0.25, 0.3) is 0 Å². The first-order chi connectivity index (χ1) is 17.1. The van der Waals surface area contributed by atoms with Crippen LogP contribution in [0.25, 0.3) is 0 Å². The van der Waals surface area contributed by atoms with E-state index in [1.165, 1.54) is 33.4 Å². The molecule has 0 spiro atoms. The lowest BCUT2D eigenvalue weighted by Gasteiger charge is -2.37. The molecule has 0 amide bonds. The van der Waals surface area contributed by atoms with E-state index in [-0.39, 0.29) is 27.1 Å². The van der Waals surface area contributed by atoms with Crippen LogP contribution in [0.3, 0.4) is 0 Å². The second-order valence-corrected chi connectivity index (χ2v) is 15.7. The lowest BCUT2D eigenvalue weighted by Crippen LogP contribution is -2.42. The first-order valence-electron chi connectivity index (χ1n) is 14.6. The predicted octanol–water partition coefficient (Wildman–Crippen LogP) is 8.73. The summed E-state index contributed by atoms with van der Waals surface area (Å²) in [6.45, 7) is 35.7. The molecule has 0 saturated carbocycles. The Morgan fingerprint density at radius 1 is 0.605 bits per heavy atom. The minimum absolute atomic E-state index is 0.0721. The molecule has 0 radical (unpaired) electrons. The molecule has 0 atom stereocenters. The molecule has 212 valence electrons. The quantitative estimate of drug-likeness (QED) is 0.367. The summed E-state index contributed by atoms with van der Waals surface area (Å²) in [4.78, 5) is 0. The van der Waals surface area contributed by atoms with Gasteiger partial charge in [-0.05, 0) is 74.8 Å². The Balaban J connectivity index is 2.74. The van der Waals surface area contributed by atoms with Gasteiger partial charge in [-0.25, -0.2) is 0 Å². The number of rotatable bonds is 8. The van der Waals surface area contributed by atoms with E-state index in [1.54, 1.807) is 0 Å². The first kappa shape index (κ1) is 32.2. The van der Waals surface area contributed by atoms with Crippen LogP contribution >= 0.6 is 0 Å². The van der Waals surface area contributed by atoms with Gasteiger partial charge in [0.15, 0.2) is 0 Å². The fourth-order valence-electron chi connectivity index (χ4n) is 5.05. The van der Waals surface area contributed by atoms with Crippen molar-refractivity contribution in [2.45, 2.75) is 125 Å². The van der Waals surface area contributed by atoms with Crippen molar-refractivity contribution in [3.8, 4) is 0 Å². The molecule has 0 unspecified atom stereocenters. The summed E-state index contributed by atoms with van der Waals surface area (Å²) in [6, 6.07) is 14.4. The van der Waals surface area contributed by atoms with Crippen molar-refractivity contribution in [1.82, 2.24) is 5.32 Å². The monoisotopic (exact) mass is 518 g/mol. The molecule has 0 heterocycles. The van der Waals surface area contributed by atoms with Gasteiger partial charge in [-0.1, -0.05) is 126 Å². The number of hydrogen-bond acceptors (Lipinski definition) is 2. The summed E-state index contributed by atoms with van der Waals surface area (Å²) in [5.74, 6) is 0. The molecule has 0 aliphatic heterocycles. The maximum atomic E-state index is 6.73. The Morgan fingerprint density at radius 2 is 0.895 bits per heavy atom. The third-order valence-corrected chi connectivity index (χ3v) is 7.96. The highest BCUT2D eigenvalue weighted by Gasteiger charge is 2.34. The van der Waals surface area contributed by atoms with Crippen LogP contribution in [-0.4, -0.2) is 13.1 Å². The maximum absolute atomic E-state index is 6.73. The molecule has 0 aliphatic carbocycles. The zero-order valence-electron chi connectivity index (χ0n) is 27.1. The van der Waals surface area contributed by atoms with E-state index in [2.05, 4.69) is 138 Å². The summed E-state index contributed by atoms with van der Waals surface area (Å²) in [5, 5.41) is 3.58. The standard InChI is InChI=1S/C36H58N2/c1-15-38-25(2)36(24-37,22-26-16-28(32(3,4)5)20-29(17-26)33(6,7)8)23-27-18-30(34(9,10)11)21-31(19-27)35(12,13)14/h16-21,38H,2,15,22-24,37H2,1,3-14H3. The zero-order valence-corrected chi connectivity index (χ0v) is 27.1. The van der Waals surface area contributed by atoms with Crippen LogP contribution in [0.5, 0.6) is 0 Å². The van der Waals surface area contributed by atoms with Gasteiger partial charge < -0.3 is 11.1 Å². The van der Waals surface area contributed by atoms with Crippen LogP contribution < -0.4 is 11.1 Å². The SMILES string of the molecule is C=C(NCC)C(CN)(Cc1cc(C(C)(C)C)cc(C(C)(C)C)c1)Cc1cc(C(C)(C)C)cc(C(C)(C)C)c1. The summed E-state index contributed by atoms with van der Waals surface area (Å²) >= 11 is 0. The summed E-state index contributed by atoms with van der Waals surface area (Å²) in [6.07, 6.45) is 1.71. The molecule has 38 heavy (non-hydrogen) atoms. The second-order valence-electron chi connectivity index (χ2n) is 15.7. The highest BCUT2D eigenvalue weighted by Crippen LogP contribution is 2.38. The van der Waals surface area contributed by atoms with Crippen LogP contribution in [0.1, 0.15) is 123 Å². The Bertz CT molecular complexity index is 966. The Morgan fingerprint density at radius 3 is 1.11 bits per heavy atom. The minimum Gasteiger partial charge on any atom is -0.389 e. The van der Waals surface area contributed by atoms with Crippen molar-refractivity contribution in [2.75, 3.05) is 13.1 Å². The fourth-order valence-corrected chi connectivity index (χ4v) is 5.05. The van der Waals surface area contributed by atoms with Crippen LogP contribution in [0.15, 0.2) is 48.7 Å². The zero-order chi connectivity index (χ0) is 29.3. The molecule has 2 heteroatoms. The highest BCUT2D eigenvalue weighted by atomic mass is 14.9. The van der Waals surface area contributed by atoms with Crippen LogP contribution in [0.4, 0.5) is 0 Å². The molecule has 2 aromatic carbocycles. The van der Waals surface area contributed by atoms with Crippen LogP contribution in [-0.2, 0) is 34.5 Å². The molecule has 0 aromatic heterocycles. The van der Waals surface area contributed by atoms with E-state index in [9.17, 15) is 0 Å². The maximum Gasteiger partial charge on any atom is 0.0297 e. The van der Waals surface area contributed by atoms with Gasteiger partial charge in [0.2, 0.25) is 0 Å². The van der Waals surface area contributed by atoms with Crippen LogP contribution in [0, 0.1) is 5.41 Å². The molecule has 0 fully saturated rings. The van der Waals surface area contributed by atoms with Gasteiger partial charge >= 0.3 is 0 Å². The Hall–Kier alpha value is -2.06. The normalized spacial score (nSPS) is 13.5. The smallest absolute Gasteiger partial charge is 0.0297 e. The molecule has 0 aliphatic rings. The molecule has 2 nitrogen and oxygen atoms in total. The lowest BCUT2D eigenvalue weighted by molar-refractivity contribution is 0.338. The highest BCUT2D eigenvalue weighted by molar-refractivity contribution is 5.41. The van der Waals surface area contributed by atoms with Crippen molar-refractivity contribution in [3.63, 3.8) is 0 Å². The summed E-state index contributed by atoms with van der Waals surface area (Å²) in [7, 11) is 0. The van der Waals surface area contributed by atoms with Gasteiger partial charge in [0.1, 0.15) is 0 Å². The van der Waals surface area contributed by atoms with Crippen molar-refractivity contribution in [1.29, 1.82) is 0 Å². The van der Waals surface area contributed by atoms with E-state index in [4.69, 9.17) is 5.73 Å². The molecule has 0 saturated heterocycles. The third kappa shape index (κ3) is 7.98. The molecule has 0 bridgehead atoms. The largest absolute Gasteiger partial charge is 0.389 e. The van der Waals surface area contributed by atoms with Gasteiger partial charge in [0, 0.05) is 24.2 Å². The van der Waals surface area contributed by atoms with Crippen molar-refractivity contribution >= 4 is 0 Å². The van der Waals surface area contributed by atoms with E-state index in [1.807, 2.05) is 0 Å². The molecule has 2 rings (SSSR count). The van der Waals surface area contributed by atoms with E-state index in [0.29, 0.717) is 6.54 Å². The number of hydrogen-bond donors (Lipinski definition) is 2.